The van der Waals surface area contributed by atoms with E-state index in [0.29, 0.717) is 13.2 Å². The number of benzene rings is 1. The van der Waals surface area contributed by atoms with Gasteiger partial charge in [0.2, 0.25) is 0 Å². The van der Waals surface area contributed by atoms with Crippen molar-refractivity contribution < 1.29 is 9.84 Å². The van der Waals surface area contributed by atoms with Crippen LogP contribution in [0.4, 0.5) is 0 Å². The average molecular weight is 530 g/mol. The second-order valence-corrected chi connectivity index (χ2v) is 8.48. The Hall–Kier alpha value is -0.900. The maximum absolute atomic E-state index is 9.41. The van der Waals surface area contributed by atoms with Gasteiger partial charge < -0.3 is 20.5 Å². The van der Waals surface area contributed by atoms with Crippen LogP contribution in [0.1, 0.15) is 50.2 Å². The molecule has 170 valence electrons. The van der Waals surface area contributed by atoms with Gasteiger partial charge in [0.1, 0.15) is 0 Å². The lowest BCUT2D eigenvalue weighted by Gasteiger charge is -2.27. The second-order valence-electron chi connectivity index (χ2n) is 8.48. The van der Waals surface area contributed by atoms with E-state index in [2.05, 4.69) is 46.7 Å². The molecule has 6 nitrogen and oxygen atoms in total. The molecule has 1 aromatic carbocycles. The van der Waals surface area contributed by atoms with Crippen LogP contribution in [0.5, 0.6) is 0 Å². The number of hydrogen-bond acceptors (Lipinski definition) is 4. The monoisotopic (exact) mass is 530 g/mol. The summed E-state index contributed by atoms with van der Waals surface area (Å²) in [5, 5.41) is 16.2. The molecule has 0 aromatic heterocycles. The van der Waals surface area contributed by atoms with E-state index in [1.54, 1.807) is 0 Å². The van der Waals surface area contributed by atoms with E-state index in [1.807, 2.05) is 0 Å². The normalized spacial score (nSPS) is 22.5. The van der Waals surface area contributed by atoms with Gasteiger partial charge in [0.05, 0.1) is 13.2 Å². The quantitative estimate of drug-likeness (QED) is 0.260. The first-order chi connectivity index (χ1) is 14.2. The summed E-state index contributed by atoms with van der Waals surface area (Å²) in [7, 11) is 0. The van der Waals surface area contributed by atoms with Crippen LogP contribution in [0.15, 0.2) is 29.3 Å². The minimum absolute atomic E-state index is 0. The number of halogens is 1. The number of nitrogens with zero attached hydrogens (tertiary/aromatic N) is 2. The topological polar surface area (TPSA) is 69.1 Å². The third-order valence-corrected chi connectivity index (χ3v) is 6.10. The highest BCUT2D eigenvalue weighted by Gasteiger charge is 2.34. The van der Waals surface area contributed by atoms with Crippen LogP contribution in [0, 0.1) is 5.41 Å². The van der Waals surface area contributed by atoms with E-state index in [4.69, 9.17) is 9.73 Å². The average Bonchev–Trinajstić information content (AvgIpc) is 3.21. The van der Waals surface area contributed by atoms with Crippen molar-refractivity contribution in [1.82, 2.24) is 15.5 Å². The number of rotatable bonds is 9. The van der Waals surface area contributed by atoms with E-state index in [0.717, 1.165) is 45.0 Å². The summed E-state index contributed by atoms with van der Waals surface area (Å²) in [6.07, 6.45) is 5.79. The molecule has 2 heterocycles. The third-order valence-electron chi connectivity index (χ3n) is 6.10. The van der Waals surface area contributed by atoms with Gasteiger partial charge in [0.25, 0.3) is 0 Å². The molecule has 30 heavy (non-hydrogen) atoms. The zero-order valence-corrected chi connectivity index (χ0v) is 20.7. The molecule has 1 aromatic rings. The fraction of sp³-hybridized carbons (Fsp3) is 0.696. The van der Waals surface area contributed by atoms with Crippen LogP contribution in [0.3, 0.4) is 0 Å². The van der Waals surface area contributed by atoms with Crippen LogP contribution >= 0.6 is 24.0 Å². The van der Waals surface area contributed by atoms with Crippen molar-refractivity contribution in [2.45, 2.75) is 52.1 Å². The minimum Gasteiger partial charge on any atom is -0.396 e. The number of piperidine rings is 1. The lowest BCUT2D eigenvalue weighted by molar-refractivity contribution is 0.127. The third kappa shape index (κ3) is 7.98. The molecule has 0 spiro atoms. The van der Waals surface area contributed by atoms with Gasteiger partial charge in [-0.3, -0.25) is 4.90 Å². The van der Waals surface area contributed by atoms with Crippen molar-refractivity contribution in [3.8, 4) is 0 Å². The largest absolute Gasteiger partial charge is 0.396 e. The first-order valence-corrected chi connectivity index (χ1v) is 11.2. The highest BCUT2D eigenvalue weighted by atomic mass is 127. The van der Waals surface area contributed by atoms with Gasteiger partial charge in [0, 0.05) is 38.3 Å². The number of aliphatic hydroxyl groups excluding tert-OH is 1. The lowest BCUT2D eigenvalue weighted by Crippen LogP contribution is -2.44. The van der Waals surface area contributed by atoms with E-state index in [-0.39, 0.29) is 36.0 Å². The molecule has 3 rings (SSSR count). The van der Waals surface area contributed by atoms with Crippen molar-refractivity contribution >= 4 is 29.9 Å². The Morgan fingerprint density at radius 2 is 1.87 bits per heavy atom. The van der Waals surface area contributed by atoms with E-state index < -0.39 is 0 Å². The van der Waals surface area contributed by atoms with Crippen LogP contribution in [0.25, 0.3) is 0 Å². The Bertz CT molecular complexity index is 627. The van der Waals surface area contributed by atoms with Gasteiger partial charge in [-0.05, 0) is 56.8 Å². The molecule has 0 amide bonds. The van der Waals surface area contributed by atoms with Crippen molar-refractivity contribution in [2.75, 3.05) is 46.0 Å². The van der Waals surface area contributed by atoms with Crippen LogP contribution in [-0.2, 0) is 17.8 Å². The zero-order chi connectivity index (χ0) is 20.4. The van der Waals surface area contributed by atoms with Gasteiger partial charge in [-0.15, -0.1) is 24.0 Å². The summed E-state index contributed by atoms with van der Waals surface area (Å²) in [5.41, 5.74) is 2.62. The first-order valence-electron chi connectivity index (χ1n) is 11.2. The molecule has 1 atom stereocenters. The molecule has 3 N–H and O–H groups in total. The Morgan fingerprint density at radius 1 is 1.13 bits per heavy atom. The zero-order valence-electron chi connectivity index (χ0n) is 18.4. The van der Waals surface area contributed by atoms with Crippen molar-refractivity contribution in [1.29, 1.82) is 0 Å². The van der Waals surface area contributed by atoms with Crippen LogP contribution < -0.4 is 10.6 Å². The maximum Gasteiger partial charge on any atom is 0.191 e. The number of likely N-dealkylation sites (tertiary alicyclic amines) is 1. The molecular weight excluding hydrogens is 491 g/mol. The van der Waals surface area contributed by atoms with Gasteiger partial charge in [-0.2, -0.15) is 0 Å². The Balaban J connectivity index is 0.00000320. The molecule has 0 bridgehead atoms. The predicted molar refractivity (Wildman–Crippen MR) is 133 cm³/mol. The first kappa shape index (κ1) is 25.4. The standard InChI is InChI=1S/C23H38N4O2.HI/c1-2-24-22(26-18-23(10-14-28)11-15-29-19-23)25-16-20-6-8-21(9-7-20)17-27-12-4-3-5-13-27;/h6-9,28H,2-5,10-19H2,1H3,(H2,24,25,26);1H. The molecule has 2 aliphatic rings. The van der Waals surface area contributed by atoms with Gasteiger partial charge >= 0.3 is 0 Å². The smallest absolute Gasteiger partial charge is 0.191 e. The molecular formula is C23H39IN4O2. The summed E-state index contributed by atoms with van der Waals surface area (Å²) in [6, 6.07) is 8.88. The fourth-order valence-corrected chi connectivity index (χ4v) is 4.22. The molecule has 0 radical (unpaired) electrons. The maximum atomic E-state index is 9.41. The highest BCUT2D eigenvalue weighted by molar-refractivity contribution is 14.0. The van der Waals surface area contributed by atoms with Gasteiger partial charge in [0.15, 0.2) is 5.96 Å². The lowest BCUT2D eigenvalue weighted by atomic mass is 9.84. The summed E-state index contributed by atoms with van der Waals surface area (Å²) < 4.78 is 5.59. The summed E-state index contributed by atoms with van der Waals surface area (Å²) in [4.78, 5) is 7.32. The summed E-state index contributed by atoms with van der Waals surface area (Å²) >= 11 is 0. The molecule has 2 fully saturated rings. The Morgan fingerprint density at radius 3 is 2.50 bits per heavy atom. The highest BCUT2D eigenvalue weighted by Crippen LogP contribution is 2.31. The number of aliphatic hydroxyl groups is 1. The van der Waals surface area contributed by atoms with Crippen LogP contribution in [-0.4, -0.2) is 62.0 Å². The van der Waals surface area contributed by atoms with E-state index in [9.17, 15) is 5.11 Å². The van der Waals surface area contributed by atoms with Crippen molar-refractivity contribution in [3.63, 3.8) is 0 Å². The molecule has 0 aliphatic carbocycles. The van der Waals surface area contributed by atoms with Crippen molar-refractivity contribution in [3.05, 3.63) is 35.4 Å². The Kier molecular flexibility index (Phi) is 11.4. The molecule has 2 aliphatic heterocycles. The van der Waals surface area contributed by atoms with Gasteiger partial charge in [-0.1, -0.05) is 30.7 Å². The molecule has 2 saturated heterocycles. The van der Waals surface area contributed by atoms with Crippen molar-refractivity contribution in [2.24, 2.45) is 10.4 Å². The van der Waals surface area contributed by atoms with Crippen LogP contribution in [0.2, 0.25) is 0 Å². The fourth-order valence-electron chi connectivity index (χ4n) is 4.22. The van der Waals surface area contributed by atoms with Gasteiger partial charge in [-0.25, -0.2) is 4.99 Å². The SMILES string of the molecule is CCNC(=NCc1ccc(CN2CCCCC2)cc1)NCC1(CCO)CCOC1.I. The number of nitrogens with one attached hydrogen (secondary N) is 2. The number of ether oxygens (including phenoxy) is 1. The van der Waals surface area contributed by atoms with E-state index >= 15 is 0 Å². The Labute approximate surface area is 198 Å². The number of guanidine groups is 1. The number of hydrogen-bond donors (Lipinski definition) is 3. The summed E-state index contributed by atoms with van der Waals surface area (Å²) in [6.45, 7) is 9.53. The number of aliphatic imine (C=N–C) groups is 1. The molecule has 1 unspecified atom stereocenters. The predicted octanol–water partition coefficient (Wildman–Crippen LogP) is 3.13. The second kappa shape index (κ2) is 13.5. The minimum atomic E-state index is 0. The van der Waals surface area contributed by atoms with E-state index in [1.165, 1.54) is 43.5 Å². The summed E-state index contributed by atoms with van der Waals surface area (Å²) in [5.74, 6) is 0.828. The molecule has 0 saturated carbocycles. The molecule has 7 heteroatoms.